The van der Waals surface area contributed by atoms with Crippen molar-refractivity contribution >= 4 is 12.0 Å². The molecule has 2 amide bonds. The molecule has 0 aliphatic carbocycles. The van der Waals surface area contributed by atoms with Crippen LogP contribution in [0.15, 0.2) is 18.2 Å². The quantitative estimate of drug-likeness (QED) is 0.659. The molecule has 31 heavy (non-hydrogen) atoms. The van der Waals surface area contributed by atoms with E-state index in [9.17, 15) is 9.59 Å². The molecule has 0 bridgehead atoms. The number of carbonyl (C=O) groups excluding carboxylic acids is 2. The predicted octanol–water partition coefficient (Wildman–Crippen LogP) is 2.78. The van der Waals surface area contributed by atoms with Crippen molar-refractivity contribution < 1.29 is 23.8 Å². The van der Waals surface area contributed by atoms with Gasteiger partial charge in [-0.25, -0.2) is 4.79 Å². The summed E-state index contributed by atoms with van der Waals surface area (Å²) in [4.78, 5) is 31.1. The first kappa shape index (κ1) is 23.2. The summed E-state index contributed by atoms with van der Waals surface area (Å²) < 4.78 is 16.2. The van der Waals surface area contributed by atoms with Crippen LogP contribution in [-0.2, 0) is 9.53 Å². The number of amides is 2. The van der Waals surface area contributed by atoms with Gasteiger partial charge in [0.05, 0.1) is 33.4 Å². The molecule has 1 unspecified atom stereocenters. The molecule has 0 N–H and O–H groups in total. The van der Waals surface area contributed by atoms with Crippen molar-refractivity contribution in [1.82, 2.24) is 14.7 Å². The Kier molecular flexibility index (Phi) is 8.01. The Morgan fingerprint density at radius 1 is 1.06 bits per heavy atom. The highest BCUT2D eigenvalue weighted by Gasteiger charge is 2.33. The van der Waals surface area contributed by atoms with Gasteiger partial charge in [-0.05, 0) is 37.0 Å². The molecule has 0 radical (unpaired) electrons. The molecular weight excluding hydrogens is 398 g/mol. The zero-order valence-electron chi connectivity index (χ0n) is 19.1. The molecule has 3 rings (SSSR count). The lowest BCUT2D eigenvalue weighted by atomic mass is 10.0. The topological polar surface area (TPSA) is 71.6 Å². The summed E-state index contributed by atoms with van der Waals surface area (Å²) in [5.41, 5.74) is 0.991. The highest BCUT2D eigenvalue weighted by atomic mass is 16.6. The minimum atomic E-state index is -0.260. The van der Waals surface area contributed by atoms with E-state index in [4.69, 9.17) is 14.2 Å². The Bertz CT molecular complexity index is 762. The first-order valence-corrected chi connectivity index (χ1v) is 11.1. The smallest absolute Gasteiger partial charge is 0.409 e. The molecule has 0 saturated carbocycles. The number of hydrogen-bond acceptors (Lipinski definition) is 6. The van der Waals surface area contributed by atoms with Crippen LogP contribution in [0.4, 0.5) is 4.79 Å². The van der Waals surface area contributed by atoms with Gasteiger partial charge < -0.3 is 24.0 Å². The molecule has 1 atom stereocenters. The number of hydrogen-bond donors (Lipinski definition) is 0. The van der Waals surface area contributed by atoms with Crippen LogP contribution < -0.4 is 9.47 Å². The van der Waals surface area contributed by atoms with E-state index in [-0.39, 0.29) is 18.0 Å². The minimum Gasteiger partial charge on any atom is -0.497 e. The zero-order chi connectivity index (χ0) is 22.4. The highest BCUT2D eigenvalue weighted by molar-refractivity contribution is 5.79. The van der Waals surface area contributed by atoms with Crippen LogP contribution in [0.1, 0.15) is 38.3 Å². The van der Waals surface area contributed by atoms with Gasteiger partial charge in [-0.1, -0.05) is 13.8 Å². The first-order chi connectivity index (χ1) is 14.9. The van der Waals surface area contributed by atoms with Crippen LogP contribution in [-0.4, -0.2) is 86.8 Å². The third kappa shape index (κ3) is 5.81. The summed E-state index contributed by atoms with van der Waals surface area (Å²) in [5.74, 6) is 1.97. The maximum Gasteiger partial charge on any atom is 0.409 e. The van der Waals surface area contributed by atoms with Gasteiger partial charge in [-0.15, -0.1) is 0 Å². The van der Waals surface area contributed by atoms with Crippen LogP contribution in [0.25, 0.3) is 0 Å². The summed E-state index contributed by atoms with van der Waals surface area (Å²) in [6.07, 6.45) is 1.61. The fourth-order valence-electron chi connectivity index (χ4n) is 4.19. The maximum atomic E-state index is 13.2. The van der Waals surface area contributed by atoms with Gasteiger partial charge >= 0.3 is 6.09 Å². The molecule has 1 aromatic rings. The van der Waals surface area contributed by atoms with Gasteiger partial charge in [0, 0.05) is 38.3 Å². The van der Waals surface area contributed by atoms with Crippen molar-refractivity contribution in [3.63, 3.8) is 0 Å². The van der Waals surface area contributed by atoms with Crippen LogP contribution in [0, 0.1) is 5.92 Å². The maximum absolute atomic E-state index is 13.2. The number of benzene rings is 1. The largest absolute Gasteiger partial charge is 0.497 e. The van der Waals surface area contributed by atoms with Gasteiger partial charge in [0.25, 0.3) is 0 Å². The average molecular weight is 434 g/mol. The molecule has 1 aromatic carbocycles. The van der Waals surface area contributed by atoms with Crippen LogP contribution in [0.5, 0.6) is 11.5 Å². The monoisotopic (exact) mass is 433 g/mol. The fourth-order valence-corrected chi connectivity index (χ4v) is 4.19. The Morgan fingerprint density at radius 3 is 2.45 bits per heavy atom. The van der Waals surface area contributed by atoms with Crippen LogP contribution >= 0.6 is 0 Å². The highest BCUT2D eigenvalue weighted by Crippen LogP contribution is 2.39. The van der Waals surface area contributed by atoms with E-state index in [1.165, 1.54) is 0 Å². The van der Waals surface area contributed by atoms with Gasteiger partial charge in [0.1, 0.15) is 11.5 Å². The van der Waals surface area contributed by atoms with E-state index in [1.54, 1.807) is 19.1 Å². The number of nitrogens with zero attached hydrogens (tertiary/aromatic N) is 3. The molecule has 2 fully saturated rings. The molecular formula is C23H35N3O5. The van der Waals surface area contributed by atoms with Gasteiger partial charge in [0.15, 0.2) is 0 Å². The van der Waals surface area contributed by atoms with Gasteiger partial charge in [0.2, 0.25) is 5.91 Å². The standard InChI is InChI=1S/C23H35N3O5/c1-17(2)16-31-23(28)25-12-10-24(11-13-25)15-22(27)26-9-5-6-20(26)19-14-18(29-3)7-8-21(19)30-4/h7-8,14,17,20H,5-6,9-13,15-16H2,1-4H3. The third-order valence-electron chi connectivity index (χ3n) is 5.90. The normalized spacial score (nSPS) is 19.6. The number of likely N-dealkylation sites (tertiary alicyclic amines) is 1. The molecule has 2 heterocycles. The number of piperazine rings is 1. The molecule has 8 heteroatoms. The van der Waals surface area contributed by atoms with Crippen molar-refractivity contribution in [3.8, 4) is 11.5 Å². The Balaban J connectivity index is 1.57. The van der Waals surface area contributed by atoms with Gasteiger partial charge in [-0.2, -0.15) is 0 Å². The van der Waals surface area contributed by atoms with E-state index in [0.717, 1.165) is 36.4 Å². The Morgan fingerprint density at radius 2 is 1.81 bits per heavy atom. The number of ether oxygens (including phenoxy) is 3. The van der Waals surface area contributed by atoms with Crippen molar-refractivity contribution in [2.45, 2.75) is 32.7 Å². The average Bonchev–Trinajstić information content (AvgIpc) is 3.27. The van der Waals surface area contributed by atoms with Crippen molar-refractivity contribution in [1.29, 1.82) is 0 Å². The molecule has 8 nitrogen and oxygen atoms in total. The van der Waals surface area contributed by atoms with E-state index >= 15 is 0 Å². The van der Waals surface area contributed by atoms with E-state index in [2.05, 4.69) is 4.90 Å². The summed E-state index contributed by atoms with van der Waals surface area (Å²) in [5, 5.41) is 0. The molecule has 2 aliphatic rings. The SMILES string of the molecule is COc1ccc(OC)c(C2CCCN2C(=O)CN2CCN(C(=O)OCC(C)C)CC2)c1. The lowest BCUT2D eigenvalue weighted by molar-refractivity contribution is -0.133. The number of carbonyl (C=O) groups is 2. The van der Waals surface area contributed by atoms with E-state index < -0.39 is 0 Å². The second-order valence-electron chi connectivity index (χ2n) is 8.59. The summed E-state index contributed by atoms with van der Waals surface area (Å²) in [7, 11) is 3.29. The molecule has 172 valence electrons. The fraction of sp³-hybridized carbons (Fsp3) is 0.652. The second-order valence-corrected chi connectivity index (χ2v) is 8.59. The van der Waals surface area contributed by atoms with E-state index in [1.807, 2.05) is 36.9 Å². The Labute approximate surface area is 185 Å². The number of rotatable bonds is 7. The molecule has 0 aromatic heterocycles. The van der Waals surface area contributed by atoms with Crippen molar-refractivity contribution in [3.05, 3.63) is 23.8 Å². The second kappa shape index (κ2) is 10.7. The summed E-state index contributed by atoms with van der Waals surface area (Å²) >= 11 is 0. The lowest BCUT2D eigenvalue weighted by Gasteiger charge is -2.35. The van der Waals surface area contributed by atoms with Crippen molar-refractivity contribution in [2.75, 3.05) is 60.1 Å². The summed E-state index contributed by atoms with van der Waals surface area (Å²) in [6, 6.07) is 5.73. The third-order valence-corrected chi connectivity index (χ3v) is 5.90. The molecule has 2 saturated heterocycles. The summed E-state index contributed by atoms with van der Waals surface area (Å²) in [6.45, 7) is 8.07. The molecule has 0 spiro atoms. The van der Waals surface area contributed by atoms with Crippen LogP contribution in [0.2, 0.25) is 0 Å². The lowest BCUT2D eigenvalue weighted by Crippen LogP contribution is -2.51. The molecule has 2 aliphatic heterocycles. The predicted molar refractivity (Wildman–Crippen MR) is 117 cm³/mol. The first-order valence-electron chi connectivity index (χ1n) is 11.1. The van der Waals surface area contributed by atoms with Crippen LogP contribution in [0.3, 0.4) is 0 Å². The van der Waals surface area contributed by atoms with Crippen molar-refractivity contribution in [2.24, 2.45) is 5.92 Å². The van der Waals surface area contributed by atoms with Gasteiger partial charge in [-0.3, -0.25) is 9.69 Å². The zero-order valence-corrected chi connectivity index (χ0v) is 19.1. The number of methoxy groups -OCH3 is 2. The van der Waals surface area contributed by atoms with E-state index in [0.29, 0.717) is 45.2 Å². The Hall–Kier alpha value is -2.48. The minimum absolute atomic E-state index is 0.00940.